The second kappa shape index (κ2) is 8.06. The third kappa shape index (κ3) is 3.85. The first kappa shape index (κ1) is 20.9. The quantitative estimate of drug-likeness (QED) is 0.400. The van der Waals surface area contributed by atoms with Gasteiger partial charge >= 0.3 is 0 Å². The zero-order chi connectivity index (χ0) is 21.6. The van der Waals surface area contributed by atoms with E-state index in [2.05, 4.69) is 10.1 Å². The molecular weight excluding hydrogens is 443 g/mol. The number of fused-ring (bicyclic) bond motifs is 1. The van der Waals surface area contributed by atoms with Gasteiger partial charge in [-0.2, -0.15) is 5.10 Å². The Labute approximate surface area is 188 Å². The maximum Gasteiger partial charge on any atom is 0.262 e. The molecule has 30 heavy (non-hydrogen) atoms. The van der Waals surface area contributed by atoms with Crippen molar-refractivity contribution in [2.45, 2.75) is 33.1 Å². The van der Waals surface area contributed by atoms with Gasteiger partial charge in [-0.15, -0.1) is 0 Å². The molecule has 154 valence electrons. The molecule has 0 aliphatic heterocycles. The third-order valence-electron chi connectivity index (χ3n) is 4.85. The Kier molecular flexibility index (Phi) is 5.62. The molecule has 4 rings (SSSR count). The Morgan fingerprint density at radius 3 is 2.30 bits per heavy atom. The highest BCUT2D eigenvalue weighted by Crippen LogP contribution is 2.34. The third-order valence-corrected chi connectivity index (χ3v) is 5.64. The van der Waals surface area contributed by atoms with Crippen molar-refractivity contribution in [2.24, 2.45) is 0 Å². The van der Waals surface area contributed by atoms with Gasteiger partial charge in [-0.05, 0) is 30.5 Å². The summed E-state index contributed by atoms with van der Waals surface area (Å²) in [6.45, 7) is 5.97. The Morgan fingerprint density at radius 1 is 1.07 bits per heavy atom. The van der Waals surface area contributed by atoms with Gasteiger partial charge in [-0.1, -0.05) is 78.5 Å². The van der Waals surface area contributed by atoms with Crippen molar-refractivity contribution < 1.29 is 0 Å². The van der Waals surface area contributed by atoms with Gasteiger partial charge in [0.2, 0.25) is 0 Å². The van der Waals surface area contributed by atoms with Crippen molar-refractivity contribution in [3.05, 3.63) is 84.5 Å². The van der Waals surface area contributed by atoms with Gasteiger partial charge in [0, 0.05) is 11.4 Å². The Balaban J connectivity index is 1.96. The molecule has 0 bridgehead atoms. The highest BCUT2D eigenvalue weighted by atomic mass is 35.5. The second-order valence-electron chi connectivity index (χ2n) is 7.54. The lowest BCUT2D eigenvalue weighted by Crippen LogP contribution is -2.14. The highest BCUT2D eigenvalue weighted by Gasteiger charge is 2.22. The van der Waals surface area contributed by atoms with Crippen molar-refractivity contribution in [2.75, 3.05) is 0 Å². The Hall–Kier alpha value is -2.34. The van der Waals surface area contributed by atoms with E-state index in [-0.39, 0.29) is 11.5 Å². The van der Waals surface area contributed by atoms with E-state index in [9.17, 15) is 4.79 Å². The van der Waals surface area contributed by atoms with Crippen molar-refractivity contribution in [1.82, 2.24) is 19.7 Å². The molecule has 0 amide bonds. The lowest BCUT2D eigenvalue weighted by atomic mass is 10.1. The molecule has 0 aliphatic carbocycles. The number of aromatic nitrogens is 4. The first-order valence-corrected chi connectivity index (χ1v) is 10.6. The van der Waals surface area contributed by atoms with Crippen LogP contribution in [0.3, 0.4) is 0 Å². The fraction of sp³-hybridized carbons (Fsp3) is 0.227. The zero-order valence-corrected chi connectivity index (χ0v) is 18.9. The second-order valence-corrected chi connectivity index (χ2v) is 8.79. The molecule has 8 heteroatoms. The van der Waals surface area contributed by atoms with Crippen LogP contribution in [0.4, 0.5) is 0 Å². The van der Waals surface area contributed by atoms with Crippen molar-refractivity contribution >= 4 is 45.8 Å². The molecule has 5 nitrogen and oxygen atoms in total. The predicted octanol–water partition coefficient (Wildman–Crippen LogP) is 6.09. The summed E-state index contributed by atoms with van der Waals surface area (Å²) in [4.78, 5) is 20.6. The number of aromatic amines is 1. The van der Waals surface area contributed by atoms with Gasteiger partial charge in [0.25, 0.3) is 5.56 Å². The van der Waals surface area contributed by atoms with Crippen LogP contribution in [-0.4, -0.2) is 19.7 Å². The molecule has 0 fully saturated rings. The van der Waals surface area contributed by atoms with E-state index in [1.807, 2.05) is 45.0 Å². The van der Waals surface area contributed by atoms with Crippen LogP contribution in [0.15, 0.2) is 41.2 Å². The monoisotopic (exact) mass is 460 g/mol. The van der Waals surface area contributed by atoms with Crippen LogP contribution in [0.25, 0.3) is 16.7 Å². The average Bonchev–Trinajstić information content (AvgIpc) is 3.03. The van der Waals surface area contributed by atoms with Crippen LogP contribution in [0, 0.1) is 6.92 Å². The molecule has 0 atom stereocenters. The van der Waals surface area contributed by atoms with E-state index in [0.717, 1.165) is 5.56 Å². The van der Waals surface area contributed by atoms with Crippen LogP contribution in [0.2, 0.25) is 15.1 Å². The minimum atomic E-state index is -0.238. The lowest BCUT2D eigenvalue weighted by Gasteiger charge is -2.09. The van der Waals surface area contributed by atoms with Gasteiger partial charge in [0.1, 0.15) is 16.9 Å². The van der Waals surface area contributed by atoms with E-state index in [0.29, 0.717) is 49.7 Å². The Morgan fingerprint density at radius 2 is 1.70 bits per heavy atom. The summed E-state index contributed by atoms with van der Waals surface area (Å²) in [6.07, 6.45) is 0.482. The van der Waals surface area contributed by atoms with E-state index < -0.39 is 0 Å². The number of nitrogens with one attached hydrogen (secondary N) is 1. The minimum Gasteiger partial charge on any atom is -0.310 e. The van der Waals surface area contributed by atoms with Gasteiger partial charge in [0.05, 0.1) is 15.7 Å². The van der Waals surface area contributed by atoms with Crippen molar-refractivity contribution in [1.29, 1.82) is 0 Å². The topological polar surface area (TPSA) is 63.6 Å². The number of benzene rings is 2. The number of nitrogens with zero attached hydrogens (tertiary/aromatic N) is 3. The normalized spacial score (nSPS) is 11.6. The first-order chi connectivity index (χ1) is 14.2. The van der Waals surface area contributed by atoms with Crippen LogP contribution < -0.4 is 5.56 Å². The van der Waals surface area contributed by atoms with E-state index >= 15 is 0 Å². The summed E-state index contributed by atoms with van der Waals surface area (Å²) < 4.78 is 1.54. The number of hydrogen-bond donors (Lipinski definition) is 1. The molecule has 2 aromatic carbocycles. The summed E-state index contributed by atoms with van der Waals surface area (Å²) in [6, 6.07) is 11.3. The summed E-state index contributed by atoms with van der Waals surface area (Å²) in [5.41, 5.74) is 3.46. The van der Waals surface area contributed by atoms with Crippen molar-refractivity contribution in [3.63, 3.8) is 0 Å². The van der Waals surface area contributed by atoms with Crippen LogP contribution >= 0.6 is 34.8 Å². The fourth-order valence-electron chi connectivity index (χ4n) is 3.38. The molecule has 0 unspecified atom stereocenters. The molecule has 2 aromatic heterocycles. The maximum absolute atomic E-state index is 13.0. The molecular formula is C22H19Cl3N4O. The zero-order valence-electron chi connectivity index (χ0n) is 16.6. The average molecular weight is 462 g/mol. The highest BCUT2D eigenvalue weighted by molar-refractivity contribution is 6.40. The van der Waals surface area contributed by atoms with E-state index in [1.54, 1.807) is 16.8 Å². The molecule has 0 saturated carbocycles. The Bertz CT molecular complexity index is 1280. The SMILES string of the molecule is Cc1ccc(Cc2nc3c(c(C(C)C)nn3-c3c(Cl)cc(Cl)cc3Cl)c(=O)[nH]2)cc1. The van der Waals surface area contributed by atoms with E-state index in [1.165, 1.54) is 5.56 Å². The number of H-pyrrole nitrogens is 1. The van der Waals surface area contributed by atoms with E-state index in [4.69, 9.17) is 39.8 Å². The van der Waals surface area contributed by atoms with Gasteiger partial charge in [0.15, 0.2) is 5.65 Å². The molecule has 4 aromatic rings. The smallest absolute Gasteiger partial charge is 0.262 e. The summed E-state index contributed by atoms with van der Waals surface area (Å²) >= 11 is 18.9. The van der Waals surface area contributed by atoms with Crippen LogP contribution in [-0.2, 0) is 6.42 Å². The molecule has 0 saturated heterocycles. The van der Waals surface area contributed by atoms with Crippen LogP contribution in [0.5, 0.6) is 0 Å². The number of hydrogen-bond acceptors (Lipinski definition) is 3. The first-order valence-electron chi connectivity index (χ1n) is 9.47. The van der Waals surface area contributed by atoms with Gasteiger partial charge in [-0.25, -0.2) is 9.67 Å². The number of halogens is 3. The maximum atomic E-state index is 13.0. The molecule has 2 heterocycles. The number of rotatable bonds is 4. The predicted molar refractivity (Wildman–Crippen MR) is 123 cm³/mol. The lowest BCUT2D eigenvalue weighted by molar-refractivity contribution is 0.776. The standard InChI is InChI=1S/C22H19Cl3N4O/c1-11(2)19-18-21(29(28-19)20-15(24)9-14(23)10-16(20)25)26-17(27-22(18)30)8-13-6-4-12(3)5-7-13/h4-7,9-11H,8H2,1-3H3,(H,26,27,30). The van der Waals surface area contributed by atoms with Gasteiger partial charge < -0.3 is 4.98 Å². The van der Waals surface area contributed by atoms with Crippen molar-refractivity contribution in [3.8, 4) is 5.69 Å². The van der Waals surface area contributed by atoms with Crippen LogP contribution in [0.1, 0.15) is 42.4 Å². The molecule has 0 aliphatic rings. The minimum absolute atomic E-state index is 0.00412. The summed E-state index contributed by atoms with van der Waals surface area (Å²) in [7, 11) is 0. The largest absolute Gasteiger partial charge is 0.310 e. The number of aryl methyl sites for hydroxylation is 1. The molecule has 0 spiro atoms. The molecule has 0 radical (unpaired) electrons. The van der Waals surface area contributed by atoms with Gasteiger partial charge in [-0.3, -0.25) is 4.79 Å². The summed E-state index contributed by atoms with van der Waals surface area (Å²) in [5, 5.41) is 6.16. The fourth-order valence-corrected chi connectivity index (χ4v) is 4.35. The summed E-state index contributed by atoms with van der Waals surface area (Å²) in [5.74, 6) is 0.540. The molecule has 1 N–H and O–H groups in total.